The highest BCUT2D eigenvalue weighted by Crippen LogP contribution is 2.27. The number of hydrogen-bond donors (Lipinski definition) is 0. The minimum atomic E-state index is -0.486. The van der Waals surface area contributed by atoms with Gasteiger partial charge in [-0.3, -0.25) is 19.6 Å². The maximum Gasteiger partial charge on any atom is 0.327 e. The molecule has 10 nitrogen and oxygen atoms in total. The first-order valence-corrected chi connectivity index (χ1v) is 7.71. The van der Waals surface area contributed by atoms with E-state index in [1.807, 2.05) is 0 Å². The number of fused-ring (bicyclic) bond motifs is 1. The number of esters is 1. The molecule has 0 radical (unpaired) electrons. The SMILES string of the molecule is CCOC(=O)Cn1cc(Cn2nc(Cl)c3ccc([N+](=O)[O-])cc32)nn1. The number of ether oxygens (including phenoxy) is 1. The Labute approximate surface area is 146 Å². The first-order chi connectivity index (χ1) is 12.0. The molecule has 2 heterocycles. The quantitative estimate of drug-likeness (QED) is 0.371. The number of halogens is 1. The molecule has 0 saturated carbocycles. The van der Waals surface area contributed by atoms with Gasteiger partial charge in [0.05, 0.1) is 29.8 Å². The smallest absolute Gasteiger partial charge is 0.327 e. The fourth-order valence-corrected chi connectivity index (χ4v) is 2.59. The summed E-state index contributed by atoms with van der Waals surface area (Å²) in [4.78, 5) is 21.9. The minimum absolute atomic E-state index is 0.0487. The average molecular weight is 365 g/mol. The zero-order valence-corrected chi connectivity index (χ0v) is 13.9. The molecule has 130 valence electrons. The maximum atomic E-state index is 11.4. The van der Waals surface area contributed by atoms with Gasteiger partial charge in [-0.25, -0.2) is 4.68 Å². The lowest BCUT2D eigenvalue weighted by atomic mass is 10.2. The summed E-state index contributed by atoms with van der Waals surface area (Å²) in [6.07, 6.45) is 1.58. The number of non-ortho nitro benzene ring substituents is 1. The van der Waals surface area contributed by atoms with Gasteiger partial charge in [0.15, 0.2) is 5.15 Å². The van der Waals surface area contributed by atoms with E-state index in [2.05, 4.69) is 15.4 Å². The molecule has 3 rings (SSSR count). The van der Waals surface area contributed by atoms with Crippen LogP contribution in [0.3, 0.4) is 0 Å². The first kappa shape index (κ1) is 16.8. The zero-order chi connectivity index (χ0) is 18.0. The number of nitrogens with zero attached hydrogens (tertiary/aromatic N) is 6. The van der Waals surface area contributed by atoms with Crippen LogP contribution in [0.1, 0.15) is 12.6 Å². The van der Waals surface area contributed by atoms with E-state index in [0.29, 0.717) is 16.6 Å². The number of nitro benzene ring substituents is 1. The topological polar surface area (TPSA) is 118 Å². The second-order valence-corrected chi connectivity index (χ2v) is 5.48. The maximum absolute atomic E-state index is 11.4. The van der Waals surface area contributed by atoms with Crippen molar-refractivity contribution in [2.45, 2.75) is 20.0 Å². The van der Waals surface area contributed by atoms with Crippen molar-refractivity contribution in [1.29, 1.82) is 0 Å². The number of rotatable bonds is 6. The molecule has 2 aromatic heterocycles. The normalized spacial score (nSPS) is 11.0. The van der Waals surface area contributed by atoms with E-state index in [4.69, 9.17) is 16.3 Å². The van der Waals surface area contributed by atoms with Gasteiger partial charge < -0.3 is 4.74 Å². The monoisotopic (exact) mass is 364 g/mol. The number of carbonyl (C=O) groups excluding carboxylic acids is 1. The summed E-state index contributed by atoms with van der Waals surface area (Å²) in [6.45, 7) is 2.16. The second-order valence-electron chi connectivity index (χ2n) is 5.12. The molecule has 0 N–H and O–H groups in total. The molecule has 0 atom stereocenters. The lowest BCUT2D eigenvalue weighted by Crippen LogP contribution is -2.13. The van der Waals surface area contributed by atoms with Crippen molar-refractivity contribution >= 4 is 34.2 Å². The van der Waals surface area contributed by atoms with Gasteiger partial charge in [-0.05, 0) is 13.0 Å². The molecule has 0 amide bonds. The fourth-order valence-electron chi connectivity index (χ4n) is 2.34. The van der Waals surface area contributed by atoms with Crippen LogP contribution in [-0.4, -0.2) is 42.3 Å². The van der Waals surface area contributed by atoms with Gasteiger partial charge in [-0.1, -0.05) is 16.8 Å². The van der Waals surface area contributed by atoms with Crippen LogP contribution in [0.15, 0.2) is 24.4 Å². The summed E-state index contributed by atoms with van der Waals surface area (Å²) >= 11 is 6.08. The van der Waals surface area contributed by atoms with Crippen LogP contribution < -0.4 is 0 Å². The van der Waals surface area contributed by atoms with Crippen molar-refractivity contribution in [3.63, 3.8) is 0 Å². The van der Waals surface area contributed by atoms with Crippen LogP contribution in [0, 0.1) is 10.1 Å². The van der Waals surface area contributed by atoms with E-state index in [1.54, 1.807) is 19.2 Å². The third-order valence-electron chi connectivity index (χ3n) is 3.40. The average Bonchev–Trinajstić information content (AvgIpc) is 3.12. The van der Waals surface area contributed by atoms with Gasteiger partial charge in [0.25, 0.3) is 5.69 Å². The van der Waals surface area contributed by atoms with Crippen LogP contribution in [0.2, 0.25) is 5.15 Å². The van der Waals surface area contributed by atoms with Gasteiger partial charge >= 0.3 is 5.97 Å². The largest absolute Gasteiger partial charge is 0.465 e. The Bertz CT molecular complexity index is 950. The van der Waals surface area contributed by atoms with Crippen molar-refractivity contribution in [1.82, 2.24) is 24.8 Å². The number of benzene rings is 1. The molecular weight excluding hydrogens is 352 g/mol. The van der Waals surface area contributed by atoms with Crippen LogP contribution in [0.5, 0.6) is 0 Å². The van der Waals surface area contributed by atoms with Gasteiger partial charge in [0.1, 0.15) is 12.2 Å². The molecular formula is C14H13ClN6O4. The summed E-state index contributed by atoms with van der Waals surface area (Å²) in [5.41, 5.74) is 0.979. The molecule has 0 fully saturated rings. The van der Waals surface area contributed by atoms with Crippen molar-refractivity contribution in [2.24, 2.45) is 0 Å². The number of hydrogen-bond acceptors (Lipinski definition) is 7. The van der Waals surface area contributed by atoms with E-state index in [-0.39, 0.29) is 30.5 Å². The molecule has 1 aromatic carbocycles. The van der Waals surface area contributed by atoms with Crippen LogP contribution in [0.4, 0.5) is 5.69 Å². The van der Waals surface area contributed by atoms with E-state index < -0.39 is 10.9 Å². The van der Waals surface area contributed by atoms with Gasteiger partial charge in [0, 0.05) is 17.5 Å². The summed E-state index contributed by atoms with van der Waals surface area (Å²) in [6, 6.07) is 4.32. The minimum Gasteiger partial charge on any atom is -0.465 e. The molecule has 3 aromatic rings. The van der Waals surface area contributed by atoms with E-state index in [0.717, 1.165) is 0 Å². The number of nitro groups is 1. The van der Waals surface area contributed by atoms with Gasteiger partial charge in [-0.2, -0.15) is 5.10 Å². The van der Waals surface area contributed by atoms with Crippen molar-refractivity contribution < 1.29 is 14.5 Å². The molecule has 0 aliphatic rings. The summed E-state index contributed by atoms with van der Waals surface area (Å²) < 4.78 is 7.70. The van der Waals surface area contributed by atoms with Crippen LogP contribution in [0.25, 0.3) is 10.9 Å². The lowest BCUT2D eigenvalue weighted by molar-refractivity contribution is -0.384. The van der Waals surface area contributed by atoms with Crippen molar-refractivity contribution in [2.75, 3.05) is 6.61 Å². The Hall–Kier alpha value is -3.01. The Morgan fingerprint density at radius 1 is 1.44 bits per heavy atom. The molecule has 0 bridgehead atoms. The molecule has 11 heteroatoms. The summed E-state index contributed by atoms with van der Waals surface area (Å²) in [7, 11) is 0. The molecule has 25 heavy (non-hydrogen) atoms. The standard InChI is InChI=1S/C14H13ClN6O4/c1-2-25-13(22)8-19-6-9(16-18-19)7-20-12-5-10(21(23)24)3-4-11(12)14(15)17-20/h3-6H,2,7-8H2,1H3. The fraction of sp³-hybridized carbons (Fsp3) is 0.286. The Morgan fingerprint density at radius 2 is 2.24 bits per heavy atom. The van der Waals surface area contributed by atoms with E-state index in [1.165, 1.54) is 21.5 Å². The lowest BCUT2D eigenvalue weighted by Gasteiger charge is -2.01. The van der Waals surface area contributed by atoms with Crippen LogP contribution >= 0.6 is 11.6 Å². The first-order valence-electron chi connectivity index (χ1n) is 7.33. The van der Waals surface area contributed by atoms with Gasteiger partial charge in [0.2, 0.25) is 0 Å². The predicted molar refractivity (Wildman–Crippen MR) is 87.2 cm³/mol. The highest BCUT2D eigenvalue weighted by Gasteiger charge is 2.15. The Kier molecular flexibility index (Phi) is 4.61. The van der Waals surface area contributed by atoms with Crippen molar-refractivity contribution in [3.8, 4) is 0 Å². The number of aromatic nitrogens is 5. The summed E-state index contributed by atoms with van der Waals surface area (Å²) in [5.74, 6) is -0.415. The van der Waals surface area contributed by atoms with Crippen molar-refractivity contribution in [3.05, 3.63) is 45.4 Å². The second kappa shape index (κ2) is 6.85. The van der Waals surface area contributed by atoms with E-state index >= 15 is 0 Å². The van der Waals surface area contributed by atoms with Gasteiger partial charge in [-0.15, -0.1) is 5.10 Å². The van der Waals surface area contributed by atoms with E-state index in [9.17, 15) is 14.9 Å². The highest BCUT2D eigenvalue weighted by molar-refractivity contribution is 6.34. The molecule has 0 spiro atoms. The Balaban J connectivity index is 1.85. The third kappa shape index (κ3) is 3.58. The molecule has 0 saturated heterocycles. The molecule has 0 aliphatic carbocycles. The molecule has 0 aliphatic heterocycles. The van der Waals surface area contributed by atoms with Crippen LogP contribution in [-0.2, 0) is 22.6 Å². The zero-order valence-electron chi connectivity index (χ0n) is 13.1. The highest BCUT2D eigenvalue weighted by atomic mass is 35.5. The summed E-state index contributed by atoms with van der Waals surface area (Å²) in [5, 5.41) is 23.8. The molecule has 0 unspecified atom stereocenters. The Morgan fingerprint density at radius 3 is 2.96 bits per heavy atom. The third-order valence-corrected chi connectivity index (χ3v) is 3.67. The number of carbonyl (C=O) groups is 1. The predicted octanol–water partition coefficient (Wildman–Crippen LogP) is 1.80.